The van der Waals surface area contributed by atoms with E-state index < -0.39 is 11.9 Å². The lowest BCUT2D eigenvalue weighted by Gasteiger charge is -2.08. The van der Waals surface area contributed by atoms with E-state index in [4.69, 9.17) is 0 Å². The van der Waals surface area contributed by atoms with Gasteiger partial charge in [0.15, 0.2) is 0 Å². The molecule has 0 aliphatic rings. The van der Waals surface area contributed by atoms with Gasteiger partial charge in [-0.15, -0.1) is 0 Å². The Morgan fingerprint density at radius 1 is 1.38 bits per heavy atom. The van der Waals surface area contributed by atoms with Gasteiger partial charge in [-0.05, 0) is 36.5 Å². The molecule has 5 heteroatoms. The maximum absolute atomic E-state index is 10.4. The molecule has 13 heavy (non-hydrogen) atoms. The van der Waals surface area contributed by atoms with Gasteiger partial charge in [0.2, 0.25) is 0 Å². The van der Waals surface area contributed by atoms with Crippen molar-refractivity contribution in [3.8, 4) is 0 Å². The molecule has 0 unspecified atom stereocenters. The van der Waals surface area contributed by atoms with Crippen molar-refractivity contribution < 1.29 is 19.8 Å². The minimum atomic E-state index is -1.50. The molecule has 0 saturated heterocycles. The third-order valence-electron chi connectivity index (χ3n) is 1.35. The quantitative estimate of drug-likeness (QED) is 0.389. The Hall–Kier alpha value is -0.970. The first-order valence-corrected chi connectivity index (χ1v) is 5.09. The summed E-state index contributed by atoms with van der Waals surface area (Å²) < 4.78 is 0. The van der Waals surface area contributed by atoms with Crippen LogP contribution in [0.2, 0.25) is 0 Å². The first-order valence-electron chi connectivity index (χ1n) is 3.69. The maximum atomic E-state index is 10.4. The van der Waals surface area contributed by atoms with Crippen molar-refractivity contribution in [2.75, 3.05) is 12.0 Å². The first-order chi connectivity index (χ1) is 6.07. The summed E-state index contributed by atoms with van der Waals surface area (Å²) in [6, 6.07) is 0. The predicted octanol–water partition coefficient (Wildman–Crippen LogP) is -1.44. The van der Waals surface area contributed by atoms with Crippen LogP contribution in [0.1, 0.15) is 12.8 Å². The van der Waals surface area contributed by atoms with Gasteiger partial charge in [-0.3, -0.25) is 0 Å². The zero-order valence-electron chi connectivity index (χ0n) is 7.24. The molecule has 74 valence electrons. The highest BCUT2D eigenvalue weighted by atomic mass is 32.2. The number of aliphatic carboxylic acids is 2. The molecule has 0 radical (unpaired) electrons. The molecule has 0 fully saturated rings. The molecular formula is C8H10O4S-2. The van der Waals surface area contributed by atoms with Crippen LogP contribution in [-0.4, -0.2) is 23.9 Å². The average Bonchev–Trinajstić information content (AvgIpc) is 2.02. The highest BCUT2D eigenvalue weighted by molar-refractivity contribution is 7.98. The molecule has 0 spiro atoms. The smallest absolute Gasteiger partial charge is 0.0675 e. The van der Waals surface area contributed by atoms with Gasteiger partial charge in [0, 0.05) is 0 Å². The first kappa shape index (κ1) is 12.0. The summed E-state index contributed by atoms with van der Waals surface area (Å²) in [5.74, 6) is -2.15. The van der Waals surface area contributed by atoms with Crippen LogP contribution < -0.4 is 10.2 Å². The fourth-order valence-electron chi connectivity index (χ4n) is 0.782. The monoisotopic (exact) mass is 202 g/mol. The summed E-state index contributed by atoms with van der Waals surface area (Å²) in [5, 5.41) is 20.4. The van der Waals surface area contributed by atoms with Crippen LogP contribution >= 0.6 is 11.8 Å². The van der Waals surface area contributed by atoms with Crippen LogP contribution in [0, 0.1) is 0 Å². The number of carboxylic acids is 2. The summed E-state index contributed by atoms with van der Waals surface area (Å²) in [6.45, 7) is 0. The number of carbonyl (C=O) groups excluding carboxylic acids is 2. The van der Waals surface area contributed by atoms with Crippen LogP contribution in [0.4, 0.5) is 0 Å². The SMILES string of the molecule is CSCCC/C(=C/C(=O)[O-])C(=O)[O-]. The Kier molecular flexibility index (Phi) is 6.05. The van der Waals surface area contributed by atoms with Crippen LogP contribution in [0.25, 0.3) is 0 Å². The summed E-state index contributed by atoms with van der Waals surface area (Å²) in [4.78, 5) is 20.4. The molecule has 0 aliphatic carbocycles. The molecule has 0 aromatic carbocycles. The van der Waals surface area contributed by atoms with E-state index in [1.807, 2.05) is 6.26 Å². The largest absolute Gasteiger partial charge is 0.545 e. The number of hydrogen-bond acceptors (Lipinski definition) is 5. The van der Waals surface area contributed by atoms with Gasteiger partial charge in [0.05, 0.1) is 11.9 Å². The van der Waals surface area contributed by atoms with E-state index in [2.05, 4.69) is 0 Å². The molecule has 4 nitrogen and oxygen atoms in total. The van der Waals surface area contributed by atoms with Gasteiger partial charge in [-0.2, -0.15) is 11.8 Å². The Bertz CT molecular complexity index is 222. The molecule has 0 heterocycles. The molecule has 0 N–H and O–H groups in total. The van der Waals surface area contributed by atoms with Gasteiger partial charge >= 0.3 is 0 Å². The Balaban J connectivity index is 4.11. The van der Waals surface area contributed by atoms with E-state index in [1.54, 1.807) is 11.8 Å². The van der Waals surface area contributed by atoms with Gasteiger partial charge in [-0.1, -0.05) is 0 Å². The van der Waals surface area contributed by atoms with E-state index in [0.29, 0.717) is 12.5 Å². The number of hydrogen-bond donors (Lipinski definition) is 0. The third kappa shape index (κ3) is 6.21. The lowest BCUT2D eigenvalue weighted by molar-refractivity contribution is -0.303. The van der Waals surface area contributed by atoms with Crippen molar-refractivity contribution in [2.45, 2.75) is 12.8 Å². The van der Waals surface area contributed by atoms with Crippen molar-refractivity contribution in [1.82, 2.24) is 0 Å². The molecule has 0 amide bonds. The minimum Gasteiger partial charge on any atom is -0.545 e. The summed E-state index contributed by atoms with van der Waals surface area (Å²) in [5.41, 5.74) is -0.214. The number of rotatable bonds is 6. The second-order valence-electron chi connectivity index (χ2n) is 2.37. The van der Waals surface area contributed by atoms with Crippen molar-refractivity contribution in [3.05, 3.63) is 11.6 Å². The standard InChI is InChI=1S/C8H12O4S/c1-13-4-2-3-6(8(11)12)5-7(9)10/h5H,2-4H2,1H3,(H,9,10)(H,11,12)/p-2/b6-5-. The minimum absolute atomic E-state index is 0.206. The predicted molar refractivity (Wildman–Crippen MR) is 45.7 cm³/mol. The molecule has 0 atom stereocenters. The fraction of sp³-hybridized carbons (Fsp3) is 0.500. The zero-order valence-corrected chi connectivity index (χ0v) is 8.06. The van der Waals surface area contributed by atoms with Crippen LogP contribution in [0.5, 0.6) is 0 Å². The van der Waals surface area contributed by atoms with E-state index in [1.165, 1.54) is 0 Å². The normalized spacial score (nSPS) is 11.3. The number of carboxylic acid groups (broad SMARTS) is 2. The summed E-state index contributed by atoms with van der Waals surface area (Å²) >= 11 is 1.57. The van der Waals surface area contributed by atoms with Gasteiger partial charge in [-0.25, -0.2) is 0 Å². The van der Waals surface area contributed by atoms with Crippen molar-refractivity contribution in [3.63, 3.8) is 0 Å². The van der Waals surface area contributed by atoms with Crippen LogP contribution in [0.3, 0.4) is 0 Å². The summed E-state index contributed by atoms with van der Waals surface area (Å²) in [7, 11) is 0. The average molecular weight is 202 g/mol. The lowest BCUT2D eigenvalue weighted by Crippen LogP contribution is -2.28. The molecule has 0 aromatic rings. The highest BCUT2D eigenvalue weighted by Crippen LogP contribution is 2.07. The van der Waals surface area contributed by atoms with Gasteiger partial charge in [0.1, 0.15) is 0 Å². The van der Waals surface area contributed by atoms with Gasteiger partial charge < -0.3 is 19.8 Å². The maximum Gasteiger partial charge on any atom is 0.0675 e. The van der Waals surface area contributed by atoms with Gasteiger partial charge in [0.25, 0.3) is 0 Å². The topological polar surface area (TPSA) is 80.3 Å². The zero-order chi connectivity index (χ0) is 10.3. The van der Waals surface area contributed by atoms with Crippen molar-refractivity contribution in [1.29, 1.82) is 0 Å². The van der Waals surface area contributed by atoms with Crippen LogP contribution in [0.15, 0.2) is 11.6 Å². The van der Waals surface area contributed by atoms with E-state index in [9.17, 15) is 19.8 Å². The Morgan fingerprint density at radius 2 is 2.00 bits per heavy atom. The van der Waals surface area contributed by atoms with Crippen molar-refractivity contribution in [2.24, 2.45) is 0 Å². The second-order valence-corrected chi connectivity index (χ2v) is 3.36. The van der Waals surface area contributed by atoms with E-state index in [-0.39, 0.29) is 12.0 Å². The van der Waals surface area contributed by atoms with Crippen LogP contribution in [-0.2, 0) is 9.59 Å². The molecule has 0 aromatic heterocycles. The second kappa shape index (κ2) is 6.54. The van der Waals surface area contributed by atoms with Crippen molar-refractivity contribution >= 4 is 23.7 Å². The third-order valence-corrected chi connectivity index (χ3v) is 2.05. The molecule has 0 aliphatic heterocycles. The Labute approximate surface area is 80.6 Å². The number of carbonyl (C=O) groups is 2. The highest BCUT2D eigenvalue weighted by Gasteiger charge is 1.98. The molecular weight excluding hydrogens is 192 g/mol. The number of thioether (sulfide) groups is 1. The van der Waals surface area contributed by atoms with E-state index >= 15 is 0 Å². The molecule has 0 saturated carbocycles. The van der Waals surface area contributed by atoms with E-state index in [0.717, 1.165) is 5.75 Å². The Morgan fingerprint density at radius 3 is 2.38 bits per heavy atom. The molecule has 0 bridgehead atoms. The fourth-order valence-corrected chi connectivity index (χ4v) is 1.22. The lowest BCUT2D eigenvalue weighted by atomic mass is 10.1. The molecule has 0 rings (SSSR count). The summed E-state index contributed by atoms with van der Waals surface area (Å²) in [6.07, 6.45) is 3.29.